The molecule has 88 valence electrons. The lowest BCUT2D eigenvalue weighted by atomic mass is 9.68. The van der Waals surface area contributed by atoms with Crippen LogP contribution in [0.15, 0.2) is 0 Å². The van der Waals surface area contributed by atoms with Crippen molar-refractivity contribution in [3.63, 3.8) is 0 Å². The number of ketones is 1. The number of carbonyl (C=O) groups excluding carboxylic acids is 1. The minimum atomic E-state index is 0.0193. The van der Waals surface area contributed by atoms with Gasteiger partial charge in [-0.1, -0.05) is 52.9 Å². The summed E-state index contributed by atoms with van der Waals surface area (Å²) in [5.41, 5.74) is 0.0193. The Morgan fingerprint density at radius 1 is 1.33 bits per heavy atom. The van der Waals surface area contributed by atoms with E-state index in [2.05, 4.69) is 20.8 Å². The Balaban J connectivity index is 2.39. The van der Waals surface area contributed by atoms with Gasteiger partial charge in [-0.15, -0.1) is 0 Å². The molecule has 0 unspecified atom stereocenters. The molecule has 0 saturated heterocycles. The highest BCUT2D eigenvalue weighted by atomic mass is 16.1. The first-order valence-electron chi connectivity index (χ1n) is 6.64. The van der Waals surface area contributed by atoms with Crippen LogP contribution < -0.4 is 0 Å². The molecule has 0 heterocycles. The molecule has 0 bridgehead atoms. The van der Waals surface area contributed by atoms with Crippen molar-refractivity contribution in [2.75, 3.05) is 0 Å². The molecular weight excluding hydrogens is 184 g/mol. The van der Waals surface area contributed by atoms with E-state index in [1.54, 1.807) is 0 Å². The van der Waals surface area contributed by atoms with Crippen LogP contribution >= 0.6 is 0 Å². The molecule has 1 aliphatic rings. The summed E-state index contributed by atoms with van der Waals surface area (Å²) in [4.78, 5) is 12.1. The van der Waals surface area contributed by atoms with E-state index >= 15 is 0 Å². The molecule has 0 amide bonds. The van der Waals surface area contributed by atoms with E-state index < -0.39 is 0 Å². The summed E-state index contributed by atoms with van der Waals surface area (Å²) in [5, 5.41) is 0. The van der Waals surface area contributed by atoms with Gasteiger partial charge in [-0.25, -0.2) is 0 Å². The van der Waals surface area contributed by atoms with Gasteiger partial charge >= 0.3 is 0 Å². The van der Waals surface area contributed by atoms with Crippen molar-refractivity contribution in [3.05, 3.63) is 0 Å². The van der Waals surface area contributed by atoms with Gasteiger partial charge in [0.1, 0.15) is 5.78 Å². The molecule has 0 aromatic rings. The van der Waals surface area contributed by atoms with Crippen molar-refractivity contribution in [2.45, 2.75) is 72.1 Å². The van der Waals surface area contributed by atoms with E-state index in [1.165, 1.54) is 32.1 Å². The first kappa shape index (κ1) is 12.7. The Bertz CT molecular complexity index is 209. The fourth-order valence-electron chi connectivity index (χ4n) is 2.84. The lowest BCUT2D eigenvalue weighted by Crippen LogP contribution is -2.36. The fraction of sp³-hybridized carbons (Fsp3) is 0.929. The highest BCUT2D eigenvalue weighted by Gasteiger charge is 2.38. The molecule has 0 N–H and O–H groups in total. The van der Waals surface area contributed by atoms with E-state index in [9.17, 15) is 4.79 Å². The maximum absolute atomic E-state index is 12.1. The summed E-state index contributed by atoms with van der Waals surface area (Å²) in [7, 11) is 0. The van der Waals surface area contributed by atoms with Gasteiger partial charge in [0.05, 0.1) is 0 Å². The zero-order valence-electron chi connectivity index (χ0n) is 10.6. The van der Waals surface area contributed by atoms with E-state index in [0.29, 0.717) is 11.7 Å². The Morgan fingerprint density at radius 2 is 2.07 bits per heavy atom. The second-order valence-electron chi connectivity index (χ2n) is 5.53. The number of rotatable bonds is 5. The summed E-state index contributed by atoms with van der Waals surface area (Å²) in [5.74, 6) is 0.847. The zero-order valence-corrected chi connectivity index (χ0v) is 10.6. The van der Waals surface area contributed by atoms with Gasteiger partial charge in [0, 0.05) is 11.3 Å². The van der Waals surface area contributed by atoms with Crippen LogP contribution in [0.4, 0.5) is 0 Å². The minimum absolute atomic E-state index is 0.0193. The van der Waals surface area contributed by atoms with Gasteiger partial charge in [-0.05, 0) is 19.3 Å². The Morgan fingerprint density at radius 3 is 2.73 bits per heavy atom. The molecule has 1 rings (SSSR count). The van der Waals surface area contributed by atoms with E-state index in [1.807, 2.05) is 0 Å². The van der Waals surface area contributed by atoms with Gasteiger partial charge in [-0.2, -0.15) is 0 Å². The van der Waals surface area contributed by atoms with E-state index in [0.717, 1.165) is 19.3 Å². The predicted octanol–water partition coefficient (Wildman–Crippen LogP) is 4.35. The summed E-state index contributed by atoms with van der Waals surface area (Å²) in [6, 6.07) is 0. The van der Waals surface area contributed by atoms with Crippen LogP contribution in [0, 0.1) is 11.3 Å². The third-order valence-electron chi connectivity index (χ3n) is 3.99. The zero-order chi connectivity index (χ0) is 11.3. The number of hydrogen-bond acceptors (Lipinski definition) is 1. The fourth-order valence-corrected chi connectivity index (χ4v) is 2.84. The summed E-state index contributed by atoms with van der Waals surface area (Å²) in [6.07, 6.45) is 9.75. The van der Waals surface area contributed by atoms with Crippen LogP contribution in [-0.2, 0) is 4.79 Å². The van der Waals surface area contributed by atoms with Crippen LogP contribution in [0.2, 0.25) is 0 Å². The first-order valence-corrected chi connectivity index (χ1v) is 6.64. The molecule has 1 nitrogen and oxygen atoms in total. The molecule has 0 aromatic carbocycles. The van der Waals surface area contributed by atoms with Crippen molar-refractivity contribution in [2.24, 2.45) is 11.3 Å². The molecule has 1 aliphatic carbocycles. The SMILES string of the molecule is CCCCCC[C@@]1(C)CCC[C@H](C)C1=O. The topological polar surface area (TPSA) is 17.1 Å². The molecule has 0 spiro atoms. The van der Waals surface area contributed by atoms with Gasteiger partial charge in [0.15, 0.2) is 0 Å². The first-order chi connectivity index (χ1) is 7.10. The average Bonchev–Trinajstić information content (AvgIpc) is 2.21. The number of hydrogen-bond donors (Lipinski definition) is 0. The maximum atomic E-state index is 12.1. The number of carbonyl (C=O) groups is 1. The molecule has 0 radical (unpaired) electrons. The van der Waals surface area contributed by atoms with Crippen LogP contribution in [0.1, 0.15) is 72.1 Å². The molecular formula is C14H26O. The summed E-state index contributed by atoms with van der Waals surface area (Å²) in [6.45, 7) is 6.53. The maximum Gasteiger partial charge on any atom is 0.141 e. The van der Waals surface area contributed by atoms with Crippen molar-refractivity contribution in [1.29, 1.82) is 0 Å². The van der Waals surface area contributed by atoms with Crippen LogP contribution in [-0.4, -0.2) is 5.78 Å². The third-order valence-corrected chi connectivity index (χ3v) is 3.99. The van der Waals surface area contributed by atoms with E-state index in [4.69, 9.17) is 0 Å². The second-order valence-corrected chi connectivity index (χ2v) is 5.53. The summed E-state index contributed by atoms with van der Waals surface area (Å²) >= 11 is 0. The number of Topliss-reactive ketones (excluding diaryl/α,β-unsaturated/α-hetero) is 1. The van der Waals surface area contributed by atoms with Crippen molar-refractivity contribution in [3.8, 4) is 0 Å². The smallest absolute Gasteiger partial charge is 0.141 e. The Kier molecular flexibility index (Phi) is 4.82. The van der Waals surface area contributed by atoms with Crippen LogP contribution in [0.25, 0.3) is 0 Å². The highest BCUT2D eigenvalue weighted by Crippen LogP contribution is 2.39. The molecule has 0 aromatic heterocycles. The Labute approximate surface area is 94.6 Å². The van der Waals surface area contributed by atoms with Crippen molar-refractivity contribution < 1.29 is 4.79 Å². The van der Waals surface area contributed by atoms with E-state index in [-0.39, 0.29) is 5.41 Å². The lowest BCUT2D eigenvalue weighted by Gasteiger charge is -2.35. The highest BCUT2D eigenvalue weighted by molar-refractivity contribution is 5.87. The van der Waals surface area contributed by atoms with Gasteiger partial charge in [0.2, 0.25) is 0 Å². The molecule has 15 heavy (non-hydrogen) atoms. The van der Waals surface area contributed by atoms with Gasteiger partial charge < -0.3 is 0 Å². The predicted molar refractivity (Wildman–Crippen MR) is 64.9 cm³/mol. The average molecular weight is 210 g/mol. The largest absolute Gasteiger partial charge is 0.299 e. The van der Waals surface area contributed by atoms with Gasteiger partial charge in [0.25, 0.3) is 0 Å². The van der Waals surface area contributed by atoms with Crippen molar-refractivity contribution >= 4 is 5.78 Å². The molecule has 0 aliphatic heterocycles. The molecule has 1 heteroatoms. The van der Waals surface area contributed by atoms with Gasteiger partial charge in [-0.3, -0.25) is 4.79 Å². The molecule has 1 saturated carbocycles. The third kappa shape index (κ3) is 3.32. The van der Waals surface area contributed by atoms with Crippen LogP contribution in [0.5, 0.6) is 0 Å². The monoisotopic (exact) mass is 210 g/mol. The number of unbranched alkanes of at least 4 members (excludes halogenated alkanes) is 3. The minimum Gasteiger partial charge on any atom is -0.299 e. The Hall–Kier alpha value is -0.330. The molecule has 2 atom stereocenters. The summed E-state index contributed by atoms with van der Waals surface area (Å²) < 4.78 is 0. The standard InChI is InChI=1S/C14H26O/c1-4-5-6-7-10-14(3)11-8-9-12(2)13(14)15/h12H,4-11H2,1-3H3/t12-,14-/m0/s1. The molecule has 1 fully saturated rings. The quantitative estimate of drug-likeness (QED) is 0.616. The van der Waals surface area contributed by atoms with Crippen molar-refractivity contribution in [1.82, 2.24) is 0 Å². The van der Waals surface area contributed by atoms with Crippen LogP contribution in [0.3, 0.4) is 0 Å². The lowest BCUT2D eigenvalue weighted by molar-refractivity contribution is -0.135. The normalized spacial score (nSPS) is 31.9. The second kappa shape index (κ2) is 5.67.